The fourth-order valence-corrected chi connectivity index (χ4v) is 4.03. The molecular formula is C20H31N3O2. The summed E-state index contributed by atoms with van der Waals surface area (Å²) in [5.41, 5.74) is 1.29. The van der Waals surface area contributed by atoms with Crippen LogP contribution in [-0.2, 0) is 0 Å². The summed E-state index contributed by atoms with van der Waals surface area (Å²) in [4.78, 5) is 17.2. The van der Waals surface area contributed by atoms with Crippen LogP contribution in [0.4, 0.5) is 4.79 Å². The van der Waals surface area contributed by atoms with E-state index < -0.39 is 0 Å². The number of carbonyl (C=O) groups excluding carboxylic acids is 1. The number of nitrogens with one attached hydrogen (secondary N) is 1. The SMILES string of the molecule is Cc1ccc(O[C@H](C)CNC(=O)N2CCCC23CCN(C)CC3)cc1. The highest BCUT2D eigenvalue weighted by molar-refractivity contribution is 5.75. The van der Waals surface area contributed by atoms with Crippen molar-refractivity contribution < 1.29 is 9.53 Å². The van der Waals surface area contributed by atoms with E-state index >= 15 is 0 Å². The van der Waals surface area contributed by atoms with Gasteiger partial charge in [0.25, 0.3) is 0 Å². The van der Waals surface area contributed by atoms with Crippen molar-refractivity contribution in [3.05, 3.63) is 29.8 Å². The third-order valence-electron chi connectivity index (χ3n) is 5.66. The summed E-state index contributed by atoms with van der Waals surface area (Å²) in [6, 6.07) is 8.09. The molecule has 1 spiro atoms. The summed E-state index contributed by atoms with van der Waals surface area (Å²) in [6.07, 6.45) is 4.39. The third-order valence-corrected chi connectivity index (χ3v) is 5.66. The highest BCUT2D eigenvalue weighted by atomic mass is 16.5. The molecule has 25 heavy (non-hydrogen) atoms. The molecule has 2 fully saturated rings. The largest absolute Gasteiger partial charge is 0.489 e. The molecule has 3 rings (SSSR count). The van der Waals surface area contributed by atoms with Gasteiger partial charge in [-0.2, -0.15) is 0 Å². The fraction of sp³-hybridized carbons (Fsp3) is 0.650. The Morgan fingerprint density at radius 2 is 1.88 bits per heavy atom. The maximum atomic E-state index is 12.7. The number of aryl methyl sites for hydroxylation is 1. The van der Waals surface area contributed by atoms with E-state index in [-0.39, 0.29) is 17.7 Å². The maximum Gasteiger partial charge on any atom is 0.317 e. The Morgan fingerprint density at radius 3 is 2.56 bits per heavy atom. The Morgan fingerprint density at radius 1 is 1.20 bits per heavy atom. The van der Waals surface area contributed by atoms with Crippen LogP contribution in [0.3, 0.4) is 0 Å². The van der Waals surface area contributed by atoms with Gasteiger partial charge >= 0.3 is 6.03 Å². The molecule has 1 aromatic carbocycles. The van der Waals surface area contributed by atoms with Crippen molar-refractivity contribution >= 4 is 6.03 Å². The Labute approximate surface area is 151 Å². The van der Waals surface area contributed by atoms with Gasteiger partial charge in [-0.3, -0.25) is 0 Å². The molecule has 0 saturated carbocycles. The normalized spacial score (nSPS) is 21.3. The molecule has 1 N–H and O–H groups in total. The quantitative estimate of drug-likeness (QED) is 0.912. The zero-order valence-corrected chi connectivity index (χ0v) is 15.8. The monoisotopic (exact) mass is 345 g/mol. The Hall–Kier alpha value is -1.75. The van der Waals surface area contributed by atoms with E-state index in [2.05, 4.69) is 29.1 Å². The number of hydrogen-bond acceptors (Lipinski definition) is 3. The van der Waals surface area contributed by atoms with Gasteiger partial charge < -0.3 is 19.9 Å². The molecule has 0 aromatic heterocycles. The molecule has 0 unspecified atom stereocenters. The maximum absolute atomic E-state index is 12.7. The smallest absolute Gasteiger partial charge is 0.317 e. The molecule has 5 heteroatoms. The first-order valence-corrected chi connectivity index (χ1v) is 9.46. The zero-order valence-electron chi connectivity index (χ0n) is 15.8. The van der Waals surface area contributed by atoms with Crippen molar-refractivity contribution in [3.63, 3.8) is 0 Å². The minimum Gasteiger partial charge on any atom is -0.489 e. The summed E-state index contributed by atoms with van der Waals surface area (Å²) < 4.78 is 5.89. The summed E-state index contributed by atoms with van der Waals surface area (Å²) in [5, 5.41) is 3.09. The van der Waals surface area contributed by atoms with Gasteiger partial charge in [0.05, 0.1) is 6.54 Å². The average molecular weight is 345 g/mol. The number of hydrogen-bond donors (Lipinski definition) is 1. The van der Waals surface area contributed by atoms with Crippen molar-refractivity contribution in [3.8, 4) is 5.75 Å². The highest BCUT2D eigenvalue weighted by Crippen LogP contribution is 2.38. The molecule has 138 valence electrons. The topological polar surface area (TPSA) is 44.8 Å². The molecule has 1 atom stereocenters. The van der Waals surface area contributed by atoms with Crippen LogP contribution in [0.25, 0.3) is 0 Å². The van der Waals surface area contributed by atoms with Gasteiger partial charge in [0.1, 0.15) is 11.9 Å². The molecule has 0 aliphatic carbocycles. The predicted molar refractivity (Wildman–Crippen MR) is 100 cm³/mol. The second-order valence-electron chi connectivity index (χ2n) is 7.71. The second kappa shape index (κ2) is 7.65. The van der Waals surface area contributed by atoms with Crippen LogP contribution < -0.4 is 10.1 Å². The molecule has 0 radical (unpaired) electrons. The number of amides is 2. The van der Waals surface area contributed by atoms with Crippen LogP contribution >= 0.6 is 0 Å². The van der Waals surface area contributed by atoms with Gasteiger partial charge in [0.2, 0.25) is 0 Å². The number of piperidine rings is 1. The number of ether oxygens (including phenoxy) is 1. The van der Waals surface area contributed by atoms with E-state index in [0.717, 1.165) is 51.1 Å². The number of urea groups is 1. The van der Waals surface area contributed by atoms with Gasteiger partial charge in [-0.25, -0.2) is 4.79 Å². The Kier molecular flexibility index (Phi) is 5.52. The van der Waals surface area contributed by atoms with Crippen molar-refractivity contribution in [2.75, 3.05) is 33.2 Å². The van der Waals surface area contributed by atoms with Gasteiger partial charge in [-0.15, -0.1) is 0 Å². The number of carbonyl (C=O) groups is 1. The van der Waals surface area contributed by atoms with E-state index in [1.165, 1.54) is 5.56 Å². The first kappa shape index (κ1) is 18.1. The molecule has 1 aromatic rings. The predicted octanol–water partition coefficient (Wildman–Crippen LogP) is 3.03. The highest BCUT2D eigenvalue weighted by Gasteiger charge is 2.44. The molecule has 2 amide bonds. The summed E-state index contributed by atoms with van der Waals surface area (Å²) in [6.45, 7) is 7.62. The van der Waals surface area contributed by atoms with Gasteiger partial charge in [-0.1, -0.05) is 17.7 Å². The third kappa shape index (κ3) is 4.27. The first-order valence-electron chi connectivity index (χ1n) is 9.46. The van der Waals surface area contributed by atoms with E-state index in [0.29, 0.717) is 6.54 Å². The molecule has 5 nitrogen and oxygen atoms in total. The van der Waals surface area contributed by atoms with Gasteiger partial charge in [-0.05, 0) is 58.7 Å². The van der Waals surface area contributed by atoms with Gasteiger partial charge in [0.15, 0.2) is 0 Å². The fourth-order valence-electron chi connectivity index (χ4n) is 4.03. The zero-order chi connectivity index (χ0) is 17.9. The second-order valence-corrected chi connectivity index (χ2v) is 7.71. The Balaban J connectivity index is 1.50. The standard InChI is InChI=1S/C20H31N3O2/c1-16-5-7-18(8-6-16)25-17(2)15-21-19(24)23-12-4-9-20(23)10-13-22(3)14-11-20/h5-8,17H,4,9-15H2,1-3H3,(H,21,24)/t17-/m1/s1. The molecular weight excluding hydrogens is 314 g/mol. The molecule has 0 bridgehead atoms. The average Bonchev–Trinajstić information content (AvgIpc) is 3.01. The summed E-state index contributed by atoms with van der Waals surface area (Å²) >= 11 is 0. The van der Waals surface area contributed by atoms with Crippen LogP contribution in [0.2, 0.25) is 0 Å². The van der Waals surface area contributed by atoms with E-state index in [4.69, 9.17) is 4.74 Å². The van der Waals surface area contributed by atoms with E-state index in [1.807, 2.05) is 31.2 Å². The number of benzene rings is 1. The molecule has 2 aliphatic heterocycles. The number of nitrogens with zero attached hydrogens (tertiary/aromatic N) is 2. The summed E-state index contributed by atoms with van der Waals surface area (Å²) in [5.74, 6) is 0.848. The van der Waals surface area contributed by atoms with Crippen LogP contribution in [0.5, 0.6) is 5.75 Å². The molecule has 2 saturated heterocycles. The van der Waals surface area contributed by atoms with E-state index in [9.17, 15) is 4.79 Å². The van der Waals surface area contributed by atoms with Crippen LogP contribution in [0, 0.1) is 6.92 Å². The van der Waals surface area contributed by atoms with Gasteiger partial charge in [0, 0.05) is 25.2 Å². The van der Waals surface area contributed by atoms with Crippen LogP contribution in [0.15, 0.2) is 24.3 Å². The lowest BCUT2D eigenvalue weighted by Gasteiger charge is -2.44. The van der Waals surface area contributed by atoms with Crippen LogP contribution in [-0.4, -0.2) is 60.7 Å². The van der Waals surface area contributed by atoms with Crippen molar-refractivity contribution in [2.45, 2.75) is 51.2 Å². The number of rotatable bonds is 4. The minimum atomic E-state index is -0.0531. The van der Waals surface area contributed by atoms with E-state index in [1.54, 1.807) is 0 Å². The minimum absolute atomic E-state index is 0.0531. The molecule has 2 aliphatic rings. The first-order chi connectivity index (χ1) is 12.0. The lowest BCUT2D eigenvalue weighted by atomic mass is 9.85. The van der Waals surface area contributed by atoms with Crippen LogP contribution in [0.1, 0.15) is 38.2 Å². The van der Waals surface area contributed by atoms with Crippen molar-refractivity contribution in [2.24, 2.45) is 0 Å². The van der Waals surface area contributed by atoms with Crippen molar-refractivity contribution in [1.29, 1.82) is 0 Å². The lowest BCUT2D eigenvalue weighted by Crippen LogP contribution is -2.56. The summed E-state index contributed by atoms with van der Waals surface area (Å²) in [7, 11) is 2.16. The molecule has 2 heterocycles. The lowest BCUT2D eigenvalue weighted by molar-refractivity contribution is 0.0814. The number of likely N-dealkylation sites (tertiary alicyclic amines) is 2. The Bertz CT molecular complexity index is 579. The van der Waals surface area contributed by atoms with Crippen molar-refractivity contribution in [1.82, 2.24) is 15.1 Å².